The molecule has 0 aromatic carbocycles. The smallest absolute Gasteiger partial charge is 0.330 e. The van der Waals surface area contributed by atoms with E-state index in [1.54, 1.807) is 12.2 Å². The fraction of sp³-hybridized carbons (Fsp3) is 0.897. The molecule has 9 fully saturated rings. The number of methoxy groups -OCH3 is 1. The largest absolute Gasteiger partial charge is 0.460 e. The normalized spacial score (nSPS) is 49.7. The van der Waals surface area contributed by atoms with Crippen molar-refractivity contribution in [3.63, 3.8) is 0 Å². The Morgan fingerprint density at radius 2 is 1.05 bits per heavy atom. The van der Waals surface area contributed by atoms with E-state index in [1.165, 1.54) is 26.2 Å². The van der Waals surface area contributed by atoms with E-state index in [0.717, 1.165) is 0 Å². The van der Waals surface area contributed by atoms with Gasteiger partial charge in [0.25, 0.3) is 0 Å². The van der Waals surface area contributed by atoms with Gasteiger partial charge in [-0.05, 0) is 102 Å². The summed E-state index contributed by atoms with van der Waals surface area (Å²) in [7, 11) is 1.49. The first-order chi connectivity index (χ1) is 41.9. The van der Waals surface area contributed by atoms with Crippen LogP contribution in [-0.4, -0.2) is 304 Å². The first-order valence-corrected chi connectivity index (χ1v) is 30.9. The van der Waals surface area contributed by atoms with Gasteiger partial charge in [0, 0.05) is 31.6 Å². The third-order valence-electron chi connectivity index (χ3n) is 19.3. The number of esters is 2. The molecule has 32 atom stereocenters. The van der Waals surface area contributed by atoms with Crippen molar-refractivity contribution in [1.29, 1.82) is 0 Å². The summed E-state index contributed by atoms with van der Waals surface area (Å²) in [4.78, 5) is 25.6. The second-order valence-corrected chi connectivity index (χ2v) is 25.3. The number of ether oxygens (including phenoxy) is 12. The summed E-state index contributed by atoms with van der Waals surface area (Å²) >= 11 is 0. The zero-order valence-corrected chi connectivity index (χ0v) is 49.1. The molecule has 0 bridgehead atoms. The lowest BCUT2D eigenvalue weighted by atomic mass is 9.72. The molecule has 5 heterocycles. The van der Waals surface area contributed by atoms with Crippen LogP contribution in [0.4, 0.5) is 0 Å². The lowest BCUT2D eigenvalue weighted by Gasteiger charge is -2.52. The number of fused-ring (bicyclic) bond motifs is 1. The standard InChI is InChI=1S/C58H92O30/c1-23-53(88-41(65)14-6-24-3-9-28(10-4-24)81-56-49(73)46(70)43(67)38(86-56)21-78-40(64)13-7-25-5-11-30(61)31(62)15-25)48(72)52(76)55(80-23)79-22-39-44(68)47(71)51(75)58(87-39)84-36-19-29-34(82-54(36)26-8-12-33(77-2)32(63)16-26)17-27(60)18-35(29)83-57-50(74)45(69)42(66)37(20-59)85-57/h6-7,13-14,23-39,42-63,66-76H,3-5,8-12,15-22H2,1-2H3/t23-,24?,25?,26?,27?,28?,29?,30?,31?,32?,33?,34?,35?,36?,37+,38+,39+,42+,43+,44+,45-,46-,47-,48-,49+,50+,51+,52+,53-,54?,55+,56+,57+,58+/m0/s1. The molecule has 9 rings (SSSR count). The fourth-order valence-electron chi connectivity index (χ4n) is 13.9. The van der Waals surface area contributed by atoms with Gasteiger partial charge in [-0.1, -0.05) is 12.2 Å². The van der Waals surface area contributed by atoms with Gasteiger partial charge in [-0.25, -0.2) is 9.59 Å². The van der Waals surface area contributed by atoms with Gasteiger partial charge < -0.3 is 139 Å². The summed E-state index contributed by atoms with van der Waals surface area (Å²) < 4.78 is 70.9. The van der Waals surface area contributed by atoms with Crippen LogP contribution in [0, 0.1) is 23.7 Å². The third kappa shape index (κ3) is 16.5. The fourth-order valence-corrected chi connectivity index (χ4v) is 13.9. The third-order valence-corrected chi connectivity index (χ3v) is 19.3. The highest BCUT2D eigenvalue weighted by Gasteiger charge is 2.55. The summed E-state index contributed by atoms with van der Waals surface area (Å²) in [5, 5.41) is 171. The minimum absolute atomic E-state index is 0.00832. The van der Waals surface area contributed by atoms with Crippen molar-refractivity contribution in [2.24, 2.45) is 23.7 Å². The molecule has 5 saturated heterocycles. The molecule has 504 valence electrons. The van der Waals surface area contributed by atoms with E-state index in [9.17, 15) is 91.3 Å². The van der Waals surface area contributed by atoms with Crippen LogP contribution in [0.25, 0.3) is 0 Å². The van der Waals surface area contributed by atoms with Gasteiger partial charge >= 0.3 is 11.9 Å². The number of rotatable bonds is 19. The summed E-state index contributed by atoms with van der Waals surface area (Å²) in [6, 6.07) is 0. The SMILES string of the molecule is COC1CCC(C2OC3CC(O)CC(O[C@@H]4O[C@H](CO)[C@@H](O)[C@H](O)[C@H]4O)C3CC2O[C@@H]2O[C@H](CO[C@@H]3O[C@@H](C)[C@H](OC(=O)C=CC4CCC(O[C@@H]5O[C@H](COC(=O)C=CC6CCC(O)C(O)C6)[C@@H](O)[C@H](O)[C@H]5O)CC4)[C@@H](O)[C@H]3O)[C@@H](O)[C@H](O)[C@H]2O)CC1O. The lowest BCUT2D eigenvalue weighted by molar-refractivity contribution is -0.351. The van der Waals surface area contributed by atoms with Crippen molar-refractivity contribution in [3.05, 3.63) is 24.3 Å². The van der Waals surface area contributed by atoms with Crippen molar-refractivity contribution >= 4 is 11.9 Å². The predicted molar refractivity (Wildman–Crippen MR) is 291 cm³/mol. The average Bonchev–Trinajstić information content (AvgIpc) is 2.00. The van der Waals surface area contributed by atoms with Gasteiger partial charge in [-0.15, -0.1) is 0 Å². The lowest BCUT2D eigenvalue weighted by Crippen LogP contribution is -2.64. The molecule has 4 saturated carbocycles. The van der Waals surface area contributed by atoms with E-state index in [4.69, 9.17) is 56.8 Å². The zero-order chi connectivity index (χ0) is 63.4. The van der Waals surface area contributed by atoms with Crippen LogP contribution in [-0.2, 0) is 66.4 Å². The van der Waals surface area contributed by atoms with Gasteiger partial charge in [-0.2, -0.15) is 0 Å². The van der Waals surface area contributed by atoms with Gasteiger partial charge in [0.2, 0.25) is 0 Å². The summed E-state index contributed by atoms with van der Waals surface area (Å²) in [5.41, 5.74) is 0. The molecule has 9 aliphatic rings. The van der Waals surface area contributed by atoms with E-state index < -0.39 is 222 Å². The van der Waals surface area contributed by atoms with Crippen LogP contribution in [0.2, 0.25) is 0 Å². The minimum atomic E-state index is -1.89. The molecule has 0 aromatic heterocycles. The van der Waals surface area contributed by atoms with Crippen molar-refractivity contribution in [1.82, 2.24) is 0 Å². The molecule has 4 aliphatic carbocycles. The second kappa shape index (κ2) is 31.1. The van der Waals surface area contributed by atoms with E-state index in [-0.39, 0.29) is 49.9 Å². The topological polar surface area (TPSA) is 469 Å². The number of aliphatic hydroxyl groups is 16. The maximum absolute atomic E-state index is 13.2. The van der Waals surface area contributed by atoms with Gasteiger partial charge in [0.05, 0.1) is 80.4 Å². The van der Waals surface area contributed by atoms with E-state index in [2.05, 4.69) is 0 Å². The van der Waals surface area contributed by atoms with E-state index in [0.29, 0.717) is 51.4 Å². The molecule has 0 radical (unpaired) electrons. The Kier molecular flexibility index (Phi) is 24.6. The molecule has 30 nitrogen and oxygen atoms in total. The Bertz CT molecular complexity index is 2260. The molecule has 0 aromatic rings. The van der Waals surface area contributed by atoms with Crippen LogP contribution in [0.15, 0.2) is 24.3 Å². The van der Waals surface area contributed by atoms with E-state index >= 15 is 0 Å². The summed E-state index contributed by atoms with van der Waals surface area (Å²) in [6.45, 7) is -0.322. The first-order valence-electron chi connectivity index (χ1n) is 30.9. The molecular weight excluding hydrogens is 1180 g/mol. The molecule has 88 heavy (non-hydrogen) atoms. The molecule has 12 unspecified atom stereocenters. The van der Waals surface area contributed by atoms with Crippen molar-refractivity contribution in [2.45, 2.75) is 274 Å². The molecule has 0 amide bonds. The molecule has 16 N–H and O–H groups in total. The van der Waals surface area contributed by atoms with E-state index in [1.807, 2.05) is 0 Å². The Balaban J connectivity index is 0.750. The molecular formula is C58H92O30. The van der Waals surface area contributed by atoms with Gasteiger partial charge in [0.1, 0.15) is 92.1 Å². The average molecular weight is 1270 g/mol. The Labute approximate surface area is 508 Å². The number of aliphatic hydroxyl groups excluding tert-OH is 16. The maximum atomic E-state index is 13.2. The van der Waals surface area contributed by atoms with Crippen molar-refractivity contribution < 1.29 is 148 Å². The number of hydrogen-bond donors (Lipinski definition) is 16. The first kappa shape index (κ1) is 69.7. The van der Waals surface area contributed by atoms with Crippen molar-refractivity contribution in [2.75, 3.05) is 26.9 Å². The van der Waals surface area contributed by atoms with Crippen LogP contribution >= 0.6 is 0 Å². The monoisotopic (exact) mass is 1270 g/mol. The van der Waals surface area contributed by atoms with Gasteiger partial charge in [-0.3, -0.25) is 0 Å². The highest BCUT2D eigenvalue weighted by molar-refractivity contribution is 5.82. The molecule has 0 spiro atoms. The maximum Gasteiger partial charge on any atom is 0.330 e. The van der Waals surface area contributed by atoms with Crippen LogP contribution < -0.4 is 0 Å². The summed E-state index contributed by atoms with van der Waals surface area (Å²) in [5.74, 6) is -2.88. The Morgan fingerprint density at radius 1 is 0.477 bits per heavy atom. The highest BCUT2D eigenvalue weighted by atomic mass is 16.7. The number of carbonyl (C=O) groups excluding carboxylic acids is 2. The predicted octanol–water partition coefficient (Wildman–Crippen LogP) is -5.58. The van der Waals surface area contributed by atoms with Crippen molar-refractivity contribution in [3.8, 4) is 0 Å². The Morgan fingerprint density at radius 3 is 1.67 bits per heavy atom. The zero-order valence-electron chi connectivity index (χ0n) is 49.1. The van der Waals surface area contributed by atoms with Crippen LogP contribution in [0.5, 0.6) is 0 Å². The second-order valence-electron chi connectivity index (χ2n) is 25.3. The number of allylic oxidation sites excluding steroid dienone is 2. The highest BCUT2D eigenvalue weighted by Crippen LogP contribution is 2.46. The molecule has 30 heteroatoms. The Hall–Kier alpha value is -2.62. The number of hydrogen-bond acceptors (Lipinski definition) is 30. The molecule has 5 aliphatic heterocycles. The van der Waals surface area contributed by atoms with Gasteiger partial charge in [0.15, 0.2) is 31.3 Å². The number of carbonyl (C=O) groups is 2. The minimum Gasteiger partial charge on any atom is -0.460 e. The summed E-state index contributed by atoms with van der Waals surface area (Å²) in [6.07, 6.45) is -29.6. The van der Waals surface area contributed by atoms with Crippen LogP contribution in [0.3, 0.4) is 0 Å². The quantitative estimate of drug-likeness (QED) is 0.0424. The van der Waals surface area contributed by atoms with Crippen LogP contribution in [0.1, 0.15) is 90.4 Å².